The molecule has 1 aromatic rings. The van der Waals surface area contributed by atoms with Crippen molar-refractivity contribution in [1.29, 1.82) is 0 Å². The van der Waals surface area contributed by atoms with Crippen LogP contribution in [0, 0.1) is 0 Å². The van der Waals surface area contributed by atoms with Gasteiger partial charge in [0.1, 0.15) is 17.1 Å². The summed E-state index contributed by atoms with van der Waals surface area (Å²) in [4.78, 5) is 11.5. The second kappa shape index (κ2) is 7.55. The summed E-state index contributed by atoms with van der Waals surface area (Å²) in [6, 6.07) is 4.68. The van der Waals surface area contributed by atoms with Gasteiger partial charge in [0, 0.05) is 0 Å². The summed E-state index contributed by atoms with van der Waals surface area (Å²) >= 11 is 0. The molecule has 0 unspecified atom stereocenters. The average Bonchev–Trinajstić information content (AvgIpc) is 2.38. The molecule has 5 heteroatoms. The molecule has 0 amide bonds. The zero-order valence-corrected chi connectivity index (χ0v) is 10.5. The van der Waals surface area contributed by atoms with E-state index in [4.69, 9.17) is 10.5 Å². The molecule has 0 heterocycles. The largest absolute Gasteiger partial charge is 0.507 e. The molecule has 0 bridgehead atoms. The number of carbonyl (C=O) groups excluding carboxylic acids is 1. The third-order valence-corrected chi connectivity index (χ3v) is 2.50. The molecule has 0 spiro atoms. The van der Waals surface area contributed by atoms with Gasteiger partial charge >= 0.3 is 5.97 Å². The molecule has 0 aliphatic heterocycles. The number of rotatable bonds is 7. The monoisotopic (exact) mass is 253 g/mol. The number of carbonyl (C=O) groups is 1. The van der Waals surface area contributed by atoms with E-state index in [9.17, 15) is 9.90 Å². The second-order valence-electron chi connectivity index (χ2n) is 3.84. The third kappa shape index (κ3) is 3.92. The summed E-state index contributed by atoms with van der Waals surface area (Å²) in [7, 11) is 1.26. The van der Waals surface area contributed by atoms with Gasteiger partial charge in [-0.15, -0.1) is 0 Å². The Bertz CT molecular complexity index is 393. The molecule has 5 nitrogen and oxygen atoms in total. The van der Waals surface area contributed by atoms with Crippen molar-refractivity contribution in [2.24, 2.45) is 5.73 Å². The number of unbranched alkanes of at least 4 members (excludes halogenated alkanes) is 2. The molecule has 0 radical (unpaired) electrons. The van der Waals surface area contributed by atoms with Gasteiger partial charge < -0.3 is 20.3 Å². The van der Waals surface area contributed by atoms with Crippen LogP contribution in [-0.4, -0.2) is 31.3 Å². The number of phenols is 1. The molecule has 0 atom stereocenters. The number of phenolic OH excluding ortho intramolecular Hbond substituents is 1. The first-order valence-corrected chi connectivity index (χ1v) is 5.94. The molecule has 0 fully saturated rings. The normalized spacial score (nSPS) is 10.1. The first-order valence-electron chi connectivity index (χ1n) is 5.94. The molecule has 0 aliphatic carbocycles. The topological polar surface area (TPSA) is 81.8 Å². The van der Waals surface area contributed by atoms with Crippen LogP contribution < -0.4 is 10.5 Å². The molecule has 0 aromatic heterocycles. The average molecular weight is 253 g/mol. The van der Waals surface area contributed by atoms with Crippen molar-refractivity contribution in [2.75, 3.05) is 20.3 Å². The number of methoxy groups -OCH3 is 1. The van der Waals surface area contributed by atoms with E-state index in [1.54, 1.807) is 12.1 Å². The van der Waals surface area contributed by atoms with Gasteiger partial charge in [0.05, 0.1) is 13.7 Å². The van der Waals surface area contributed by atoms with Crippen LogP contribution in [-0.2, 0) is 4.74 Å². The Morgan fingerprint density at radius 2 is 2.11 bits per heavy atom. The number of hydrogen-bond acceptors (Lipinski definition) is 5. The summed E-state index contributed by atoms with van der Waals surface area (Å²) in [6.07, 6.45) is 2.78. The predicted molar refractivity (Wildman–Crippen MR) is 67.8 cm³/mol. The van der Waals surface area contributed by atoms with E-state index in [1.165, 1.54) is 13.2 Å². The highest BCUT2D eigenvalue weighted by Gasteiger charge is 2.17. The Kier molecular flexibility index (Phi) is 6.00. The third-order valence-electron chi connectivity index (χ3n) is 2.50. The molecule has 1 rings (SSSR count). The molecule has 3 N–H and O–H groups in total. The standard InChI is InChI=1S/C13H19NO4/c1-17-13(16)12-10(15)6-5-7-11(12)18-9-4-2-3-8-14/h5-7,15H,2-4,8-9,14H2,1H3. The summed E-state index contributed by atoms with van der Waals surface area (Å²) in [5.74, 6) is -0.402. The van der Waals surface area contributed by atoms with E-state index in [-0.39, 0.29) is 11.3 Å². The fourth-order valence-electron chi connectivity index (χ4n) is 1.55. The lowest BCUT2D eigenvalue weighted by molar-refractivity contribution is 0.0592. The highest BCUT2D eigenvalue weighted by Crippen LogP contribution is 2.28. The van der Waals surface area contributed by atoms with E-state index >= 15 is 0 Å². The Balaban J connectivity index is 2.64. The smallest absolute Gasteiger partial charge is 0.345 e. The van der Waals surface area contributed by atoms with Gasteiger partial charge in [-0.3, -0.25) is 0 Å². The van der Waals surface area contributed by atoms with Gasteiger partial charge in [-0.05, 0) is 37.9 Å². The van der Waals surface area contributed by atoms with Gasteiger partial charge in [0.15, 0.2) is 0 Å². The van der Waals surface area contributed by atoms with Gasteiger partial charge in [-0.2, -0.15) is 0 Å². The van der Waals surface area contributed by atoms with Crippen molar-refractivity contribution in [3.8, 4) is 11.5 Å². The van der Waals surface area contributed by atoms with Crippen LogP contribution in [0.5, 0.6) is 11.5 Å². The fraction of sp³-hybridized carbons (Fsp3) is 0.462. The highest BCUT2D eigenvalue weighted by atomic mass is 16.5. The zero-order valence-electron chi connectivity index (χ0n) is 10.5. The molecular weight excluding hydrogens is 234 g/mol. The lowest BCUT2D eigenvalue weighted by atomic mass is 10.2. The van der Waals surface area contributed by atoms with Gasteiger partial charge in [0.25, 0.3) is 0 Å². The first kappa shape index (κ1) is 14.3. The van der Waals surface area contributed by atoms with Crippen molar-refractivity contribution in [3.63, 3.8) is 0 Å². The first-order chi connectivity index (χ1) is 8.70. The van der Waals surface area contributed by atoms with Crippen molar-refractivity contribution in [2.45, 2.75) is 19.3 Å². The summed E-state index contributed by atoms with van der Waals surface area (Å²) in [5.41, 5.74) is 5.46. The number of esters is 1. The van der Waals surface area contributed by atoms with E-state index < -0.39 is 5.97 Å². The minimum Gasteiger partial charge on any atom is -0.507 e. The Labute approximate surface area is 107 Å². The van der Waals surface area contributed by atoms with Crippen molar-refractivity contribution in [1.82, 2.24) is 0 Å². The maximum atomic E-state index is 11.5. The van der Waals surface area contributed by atoms with Crippen LogP contribution in [0.3, 0.4) is 0 Å². The predicted octanol–water partition coefficient (Wildman–Crippen LogP) is 1.69. The van der Waals surface area contributed by atoms with Crippen LogP contribution >= 0.6 is 0 Å². The van der Waals surface area contributed by atoms with Crippen molar-refractivity contribution >= 4 is 5.97 Å². The quantitative estimate of drug-likeness (QED) is 0.570. The Morgan fingerprint density at radius 1 is 1.33 bits per heavy atom. The maximum Gasteiger partial charge on any atom is 0.345 e. The molecule has 18 heavy (non-hydrogen) atoms. The molecule has 0 saturated heterocycles. The lowest BCUT2D eigenvalue weighted by Crippen LogP contribution is -2.07. The zero-order chi connectivity index (χ0) is 13.4. The second-order valence-corrected chi connectivity index (χ2v) is 3.84. The van der Waals surface area contributed by atoms with Gasteiger partial charge in [-0.25, -0.2) is 4.79 Å². The Hall–Kier alpha value is -1.75. The number of aromatic hydroxyl groups is 1. The van der Waals surface area contributed by atoms with Crippen molar-refractivity contribution in [3.05, 3.63) is 23.8 Å². The molecule has 100 valence electrons. The Morgan fingerprint density at radius 3 is 2.78 bits per heavy atom. The van der Waals surface area contributed by atoms with Gasteiger partial charge in [0.2, 0.25) is 0 Å². The molecule has 0 aliphatic rings. The van der Waals surface area contributed by atoms with Crippen LogP contribution in [0.15, 0.2) is 18.2 Å². The SMILES string of the molecule is COC(=O)c1c(O)cccc1OCCCCCN. The van der Waals surface area contributed by atoms with Crippen LogP contribution in [0.4, 0.5) is 0 Å². The summed E-state index contributed by atoms with van der Waals surface area (Å²) < 4.78 is 10.1. The maximum absolute atomic E-state index is 11.5. The summed E-state index contributed by atoms with van der Waals surface area (Å²) in [6.45, 7) is 1.15. The van der Waals surface area contributed by atoms with Crippen LogP contribution in [0.25, 0.3) is 0 Å². The summed E-state index contributed by atoms with van der Waals surface area (Å²) in [5, 5.41) is 9.64. The van der Waals surface area contributed by atoms with E-state index in [0.29, 0.717) is 18.9 Å². The minimum atomic E-state index is -0.606. The van der Waals surface area contributed by atoms with Crippen LogP contribution in [0.2, 0.25) is 0 Å². The lowest BCUT2D eigenvalue weighted by Gasteiger charge is -2.11. The number of nitrogens with two attached hydrogens (primary N) is 1. The molecule has 1 aromatic carbocycles. The number of benzene rings is 1. The van der Waals surface area contributed by atoms with Crippen molar-refractivity contribution < 1.29 is 19.4 Å². The molecular formula is C13H19NO4. The fourth-order valence-corrected chi connectivity index (χ4v) is 1.55. The number of ether oxygens (including phenoxy) is 2. The van der Waals surface area contributed by atoms with E-state index in [1.807, 2.05) is 0 Å². The van der Waals surface area contributed by atoms with E-state index in [0.717, 1.165) is 19.3 Å². The number of hydrogen-bond donors (Lipinski definition) is 2. The van der Waals surface area contributed by atoms with Crippen LogP contribution in [0.1, 0.15) is 29.6 Å². The van der Waals surface area contributed by atoms with Gasteiger partial charge in [-0.1, -0.05) is 6.07 Å². The van der Waals surface area contributed by atoms with E-state index in [2.05, 4.69) is 4.74 Å². The highest BCUT2D eigenvalue weighted by molar-refractivity contribution is 5.95. The minimum absolute atomic E-state index is 0.0684. The molecule has 0 saturated carbocycles.